The SMILES string of the molecule is CCC(CC)(CN)C(=O)NCCn1cccn1.Cl. The monoisotopic (exact) mass is 274 g/mol. The van der Waals surface area contributed by atoms with E-state index >= 15 is 0 Å². The van der Waals surface area contributed by atoms with Crippen LogP contribution in [0.2, 0.25) is 0 Å². The summed E-state index contributed by atoms with van der Waals surface area (Å²) in [6, 6.07) is 1.87. The van der Waals surface area contributed by atoms with Crippen molar-refractivity contribution < 1.29 is 4.79 Å². The molecule has 0 saturated carbocycles. The first-order valence-electron chi connectivity index (χ1n) is 6.14. The molecule has 0 fully saturated rings. The van der Waals surface area contributed by atoms with E-state index in [9.17, 15) is 4.79 Å². The number of halogens is 1. The Kier molecular flexibility index (Phi) is 7.62. The summed E-state index contributed by atoms with van der Waals surface area (Å²) in [6.07, 6.45) is 5.15. The molecule has 0 bridgehead atoms. The first-order valence-corrected chi connectivity index (χ1v) is 6.14. The van der Waals surface area contributed by atoms with Crippen molar-refractivity contribution in [2.24, 2.45) is 11.1 Å². The third kappa shape index (κ3) is 3.99. The lowest BCUT2D eigenvalue weighted by molar-refractivity contribution is -0.131. The first kappa shape index (κ1) is 16.9. The molecule has 1 heterocycles. The number of carbonyl (C=O) groups excluding carboxylic acids is 1. The lowest BCUT2D eigenvalue weighted by Gasteiger charge is -2.28. The molecule has 0 spiro atoms. The minimum atomic E-state index is -0.413. The molecule has 0 saturated heterocycles. The summed E-state index contributed by atoms with van der Waals surface area (Å²) in [6.45, 7) is 5.68. The summed E-state index contributed by atoms with van der Waals surface area (Å²) in [5.74, 6) is 0.0529. The molecule has 0 atom stereocenters. The quantitative estimate of drug-likeness (QED) is 0.784. The van der Waals surface area contributed by atoms with Crippen molar-refractivity contribution in [3.05, 3.63) is 18.5 Å². The van der Waals surface area contributed by atoms with Gasteiger partial charge in [0.25, 0.3) is 0 Å². The van der Waals surface area contributed by atoms with Gasteiger partial charge in [-0.15, -0.1) is 12.4 Å². The molecule has 0 unspecified atom stereocenters. The van der Waals surface area contributed by atoms with E-state index in [1.165, 1.54) is 0 Å². The second kappa shape index (κ2) is 8.11. The minimum absolute atomic E-state index is 0. The van der Waals surface area contributed by atoms with Crippen LogP contribution in [-0.4, -0.2) is 28.8 Å². The van der Waals surface area contributed by atoms with Gasteiger partial charge >= 0.3 is 0 Å². The molecule has 18 heavy (non-hydrogen) atoms. The Bertz CT molecular complexity index is 328. The van der Waals surface area contributed by atoms with Crippen molar-refractivity contribution in [2.45, 2.75) is 33.2 Å². The Balaban J connectivity index is 0.00000289. The molecule has 1 aromatic heterocycles. The molecule has 3 N–H and O–H groups in total. The topological polar surface area (TPSA) is 72.9 Å². The summed E-state index contributed by atoms with van der Waals surface area (Å²) in [4.78, 5) is 12.1. The van der Waals surface area contributed by atoms with Crippen LogP contribution in [0.4, 0.5) is 0 Å². The summed E-state index contributed by atoms with van der Waals surface area (Å²) in [5.41, 5.74) is 5.31. The Morgan fingerprint density at radius 3 is 2.56 bits per heavy atom. The molecule has 0 aliphatic rings. The highest BCUT2D eigenvalue weighted by atomic mass is 35.5. The van der Waals surface area contributed by atoms with Crippen LogP contribution in [0.1, 0.15) is 26.7 Å². The van der Waals surface area contributed by atoms with E-state index in [0.717, 1.165) is 12.8 Å². The van der Waals surface area contributed by atoms with Crippen LogP contribution in [0.5, 0.6) is 0 Å². The summed E-state index contributed by atoms with van der Waals surface area (Å²) in [5, 5.41) is 7.01. The Hall–Kier alpha value is -1.07. The zero-order chi connectivity index (χ0) is 12.7. The molecule has 6 heteroatoms. The predicted octanol–water partition coefficient (Wildman–Crippen LogP) is 1.19. The number of rotatable bonds is 7. The molecule has 0 aliphatic heterocycles. The third-order valence-corrected chi connectivity index (χ3v) is 3.41. The maximum absolute atomic E-state index is 12.1. The van der Waals surface area contributed by atoms with E-state index in [4.69, 9.17) is 5.73 Å². The van der Waals surface area contributed by atoms with E-state index in [1.807, 2.05) is 26.1 Å². The van der Waals surface area contributed by atoms with Crippen molar-refractivity contribution in [1.82, 2.24) is 15.1 Å². The second-order valence-electron chi connectivity index (χ2n) is 4.22. The minimum Gasteiger partial charge on any atom is -0.354 e. The van der Waals surface area contributed by atoms with Gasteiger partial charge in [0, 0.05) is 25.5 Å². The van der Waals surface area contributed by atoms with Gasteiger partial charge in [0.15, 0.2) is 0 Å². The number of aromatic nitrogens is 2. The summed E-state index contributed by atoms with van der Waals surface area (Å²) < 4.78 is 1.79. The second-order valence-corrected chi connectivity index (χ2v) is 4.22. The number of hydrogen-bond donors (Lipinski definition) is 2. The zero-order valence-electron chi connectivity index (χ0n) is 11.1. The van der Waals surface area contributed by atoms with E-state index < -0.39 is 5.41 Å². The van der Waals surface area contributed by atoms with Crippen molar-refractivity contribution in [3.63, 3.8) is 0 Å². The molecule has 0 radical (unpaired) electrons. The van der Waals surface area contributed by atoms with Crippen molar-refractivity contribution >= 4 is 18.3 Å². The van der Waals surface area contributed by atoms with Gasteiger partial charge in [-0.2, -0.15) is 5.10 Å². The molecule has 1 aromatic rings. The molecule has 104 valence electrons. The first-order chi connectivity index (χ1) is 8.18. The highest BCUT2D eigenvalue weighted by Gasteiger charge is 2.32. The normalized spacial score (nSPS) is 10.8. The molecule has 0 aliphatic carbocycles. The average Bonchev–Trinajstić information content (AvgIpc) is 2.85. The number of nitrogens with one attached hydrogen (secondary N) is 1. The lowest BCUT2D eigenvalue weighted by atomic mass is 9.81. The van der Waals surface area contributed by atoms with E-state index in [0.29, 0.717) is 19.6 Å². The van der Waals surface area contributed by atoms with Gasteiger partial charge in [-0.3, -0.25) is 9.48 Å². The van der Waals surface area contributed by atoms with Gasteiger partial charge in [-0.25, -0.2) is 0 Å². The summed E-state index contributed by atoms with van der Waals surface area (Å²) in [7, 11) is 0. The van der Waals surface area contributed by atoms with Gasteiger partial charge in [-0.05, 0) is 18.9 Å². The largest absolute Gasteiger partial charge is 0.354 e. The molecule has 0 aromatic carbocycles. The maximum atomic E-state index is 12.1. The lowest BCUT2D eigenvalue weighted by Crippen LogP contribution is -2.46. The predicted molar refractivity (Wildman–Crippen MR) is 74.6 cm³/mol. The van der Waals surface area contributed by atoms with Crippen LogP contribution >= 0.6 is 12.4 Å². The highest BCUT2D eigenvalue weighted by molar-refractivity contribution is 5.85. The fourth-order valence-electron chi connectivity index (χ4n) is 1.86. The van der Waals surface area contributed by atoms with Gasteiger partial charge in [0.1, 0.15) is 0 Å². The van der Waals surface area contributed by atoms with Gasteiger partial charge in [-0.1, -0.05) is 13.8 Å². The summed E-state index contributed by atoms with van der Waals surface area (Å²) >= 11 is 0. The Morgan fingerprint density at radius 2 is 2.11 bits per heavy atom. The van der Waals surface area contributed by atoms with Crippen LogP contribution < -0.4 is 11.1 Å². The van der Waals surface area contributed by atoms with Gasteiger partial charge in [0.05, 0.1) is 12.0 Å². The molecular formula is C12H23ClN4O. The van der Waals surface area contributed by atoms with E-state index in [-0.39, 0.29) is 18.3 Å². The Labute approximate surface area is 115 Å². The van der Waals surface area contributed by atoms with Crippen LogP contribution in [0.15, 0.2) is 18.5 Å². The Morgan fingerprint density at radius 1 is 1.44 bits per heavy atom. The van der Waals surface area contributed by atoms with Crippen molar-refractivity contribution in [1.29, 1.82) is 0 Å². The van der Waals surface area contributed by atoms with Crippen LogP contribution in [0, 0.1) is 5.41 Å². The molecular weight excluding hydrogens is 252 g/mol. The van der Waals surface area contributed by atoms with Crippen molar-refractivity contribution in [3.8, 4) is 0 Å². The fourth-order valence-corrected chi connectivity index (χ4v) is 1.86. The van der Waals surface area contributed by atoms with Crippen LogP contribution in [0.25, 0.3) is 0 Å². The van der Waals surface area contributed by atoms with E-state index in [1.54, 1.807) is 10.9 Å². The van der Waals surface area contributed by atoms with E-state index in [2.05, 4.69) is 10.4 Å². The van der Waals surface area contributed by atoms with Gasteiger partial charge < -0.3 is 11.1 Å². The maximum Gasteiger partial charge on any atom is 0.227 e. The number of nitrogens with two attached hydrogens (primary N) is 1. The van der Waals surface area contributed by atoms with Crippen LogP contribution in [-0.2, 0) is 11.3 Å². The van der Waals surface area contributed by atoms with Gasteiger partial charge in [0.2, 0.25) is 5.91 Å². The molecule has 1 amide bonds. The fraction of sp³-hybridized carbons (Fsp3) is 0.667. The third-order valence-electron chi connectivity index (χ3n) is 3.41. The number of nitrogens with zero attached hydrogens (tertiary/aromatic N) is 2. The van der Waals surface area contributed by atoms with Crippen molar-refractivity contribution in [2.75, 3.05) is 13.1 Å². The zero-order valence-corrected chi connectivity index (χ0v) is 11.9. The highest BCUT2D eigenvalue weighted by Crippen LogP contribution is 2.24. The number of hydrogen-bond acceptors (Lipinski definition) is 3. The molecule has 1 rings (SSSR count). The number of carbonyl (C=O) groups is 1. The average molecular weight is 275 g/mol. The molecule has 5 nitrogen and oxygen atoms in total. The smallest absolute Gasteiger partial charge is 0.227 e. The number of amides is 1. The van der Waals surface area contributed by atoms with Crippen LogP contribution in [0.3, 0.4) is 0 Å². The standard InChI is InChI=1S/C12H22N4O.ClH/c1-3-12(4-2,10-13)11(17)14-7-9-16-8-5-6-15-16;/h5-6,8H,3-4,7,9-10,13H2,1-2H3,(H,14,17);1H.